The number of allylic oxidation sites excluding steroid dienone is 1. The standard InChI is InChI=1S/C20H22O7/c1-9(2)5-14(21)25-13-7-11-6-12(24-19(11)23)8-20(4)17(27-20)16-15(13)10(3)18(22)26-16/h5-6,12-13,15-17H,3,7-8H2,1-2,4H3/t12-,13+,15+,16-,17-,20+/m0/s1. The lowest BCUT2D eigenvalue weighted by Gasteiger charge is -2.26. The van der Waals surface area contributed by atoms with Crippen LogP contribution in [0.5, 0.6) is 0 Å². The molecule has 2 fully saturated rings. The van der Waals surface area contributed by atoms with Crippen LogP contribution >= 0.6 is 0 Å². The smallest absolute Gasteiger partial charge is 0.334 e. The van der Waals surface area contributed by atoms with Crippen LogP contribution in [0.3, 0.4) is 0 Å². The maximum atomic E-state index is 12.3. The normalized spacial score (nSPS) is 39.4. The van der Waals surface area contributed by atoms with Gasteiger partial charge in [-0.3, -0.25) is 0 Å². The third kappa shape index (κ3) is 3.10. The van der Waals surface area contributed by atoms with Crippen molar-refractivity contribution in [2.45, 2.75) is 63.6 Å². The minimum atomic E-state index is -0.777. The number of epoxide rings is 1. The molecule has 7 nitrogen and oxygen atoms in total. The molecule has 27 heavy (non-hydrogen) atoms. The molecular formula is C20H22O7. The number of carbonyl (C=O) groups excluding carboxylic acids is 3. The highest BCUT2D eigenvalue weighted by molar-refractivity contribution is 5.93. The third-order valence-corrected chi connectivity index (χ3v) is 5.51. The van der Waals surface area contributed by atoms with Gasteiger partial charge in [-0.05, 0) is 26.8 Å². The predicted molar refractivity (Wildman–Crippen MR) is 92.3 cm³/mol. The summed E-state index contributed by atoms with van der Waals surface area (Å²) in [4.78, 5) is 36.7. The first kappa shape index (κ1) is 18.0. The van der Waals surface area contributed by atoms with Crippen LogP contribution in [-0.2, 0) is 33.3 Å². The van der Waals surface area contributed by atoms with E-state index in [1.54, 1.807) is 19.9 Å². The maximum Gasteiger partial charge on any atom is 0.334 e. The summed E-state index contributed by atoms with van der Waals surface area (Å²) >= 11 is 0. The molecule has 6 atom stereocenters. The summed E-state index contributed by atoms with van der Waals surface area (Å²) in [5.74, 6) is -2.07. The second-order valence-electron chi connectivity index (χ2n) is 8.01. The Morgan fingerprint density at radius 1 is 1.30 bits per heavy atom. The van der Waals surface area contributed by atoms with Crippen LogP contribution in [-0.4, -0.2) is 47.9 Å². The average Bonchev–Trinajstić information content (AvgIpc) is 2.95. The highest BCUT2D eigenvalue weighted by Crippen LogP contribution is 2.51. The maximum absolute atomic E-state index is 12.3. The first-order valence-electron chi connectivity index (χ1n) is 9.03. The van der Waals surface area contributed by atoms with Crippen LogP contribution in [0.1, 0.15) is 33.6 Å². The fraction of sp³-hybridized carbons (Fsp3) is 0.550. The van der Waals surface area contributed by atoms with Gasteiger partial charge < -0.3 is 18.9 Å². The molecule has 3 heterocycles. The molecule has 0 saturated carbocycles. The number of hydrogen-bond acceptors (Lipinski definition) is 7. The summed E-state index contributed by atoms with van der Waals surface area (Å²) in [7, 11) is 0. The number of esters is 3. The van der Waals surface area contributed by atoms with Crippen molar-refractivity contribution < 1.29 is 33.3 Å². The van der Waals surface area contributed by atoms with E-state index < -0.39 is 47.7 Å². The number of rotatable bonds is 2. The molecule has 0 radical (unpaired) electrons. The fourth-order valence-electron chi connectivity index (χ4n) is 4.20. The fourth-order valence-corrected chi connectivity index (χ4v) is 4.20. The van der Waals surface area contributed by atoms with Gasteiger partial charge in [0.25, 0.3) is 0 Å². The van der Waals surface area contributed by atoms with E-state index in [4.69, 9.17) is 18.9 Å². The number of ether oxygens (including phenoxy) is 4. The molecule has 2 saturated heterocycles. The summed E-state index contributed by atoms with van der Waals surface area (Å²) in [5.41, 5.74) is 0.878. The summed E-state index contributed by atoms with van der Waals surface area (Å²) < 4.78 is 22.4. The topological polar surface area (TPSA) is 91.4 Å². The zero-order valence-electron chi connectivity index (χ0n) is 15.5. The van der Waals surface area contributed by atoms with Crippen molar-refractivity contribution in [3.63, 3.8) is 0 Å². The van der Waals surface area contributed by atoms with Crippen molar-refractivity contribution in [3.8, 4) is 0 Å². The highest BCUT2D eigenvalue weighted by Gasteiger charge is 2.65. The van der Waals surface area contributed by atoms with Gasteiger partial charge in [0.1, 0.15) is 24.4 Å². The molecule has 0 spiro atoms. The Morgan fingerprint density at radius 2 is 2.04 bits per heavy atom. The van der Waals surface area contributed by atoms with Gasteiger partial charge in [0.05, 0.1) is 11.5 Å². The van der Waals surface area contributed by atoms with Crippen molar-refractivity contribution in [3.05, 3.63) is 35.5 Å². The second kappa shape index (κ2) is 6.05. The Kier molecular flexibility index (Phi) is 4.03. The van der Waals surface area contributed by atoms with Crippen LogP contribution in [0.15, 0.2) is 35.5 Å². The molecular weight excluding hydrogens is 352 g/mol. The minimum absolute atomic E-state index is 0.137. The van der Waals surface area contributed by atoms with Gasteiger partial charge in [-0.15, -0.1) is 0 Å². The summed E-state index contributed by atoms with van der Waals surface area (Å²) in [6, 6.07) is 0. The van der Waals surface area contributed by atoms with Gasteiger partial charge in [-0.2, -0.15) is 0 Å². The molecule has 0 amide bonds. The highest BCUT2D eigenvalue weighted by atomic mass is 16.7. The second-order valence-corrected chi connectivity index (χ2v) is 8.01. The molecule has 0 unspecified atom stereocenters. The predicted octanol–water partition coefficient (Wildman–Crippen LogP) is 1.77. The van der Waals surface area contributed by atoms with E-state index in [0.29, 0.717) is 12.0 Å². The van der Waals surface area contributed by atoms with Gasteiger partial charge in [0.15, 0.2) is 0 Å². The largest absolute Gasteiger partial charge is 0.458 e. The quantitative estimate of drug-likeness (QED) is 0.315. The Hall–Kier alpha value is -2.41. The first-order valence-corrected chi connectivity index (χ1v) is 9.03. The zero-order valence-corrected chi connectivity index (χ0v) is 15.5. The van der Waals surface area contributed by atoms with E-state index in [-0.39, 0.29) is 18.1 Å². The number of carbonyl (C=O) groups is 3. The Labute approximate surface area is 157 Å². The molecule has 0 N–H and O–H groups in total. The molecule has 144 valence electrons. The van der Waals surface area contributed by atoms with Crippen LogP contribution < -0.4 is 0 Å². The Bertz CT molecular complexity index is 803. The molecule has 4 rings (SSSR count). The lowest BCUT2D eigenvalue weighted by molar-refractivity contribution is -0.149. The average molecular weight is 374 g/mol. The third-order valence-electron chi connectivity index (χ3n) is 5.51. The van der Waals surface area contributed by atoms with Crippen molar-refractivity contribution in [1.29, 1.82) is 0 Å². The molecule has 3 aliphatic heterocycles. The van der Waals surface area contributed by atoms with Gasteiger partial charge in [0, 0.05) is 30.1 Å². The van der Waals surface area contributed by atoms with E-state index >= 15 is 0 Å². The minimum Gasteiger partial charge on any atom is -0.458 e. The lowest BCUT2D eigenvalue weighted by atomic mass is 9.82. The molecule has 4 aliphatic rings. The van der Waals surface area contributed by atoms with Crippen molar-refractivity contribution in [2.24, 2.45) is 5.92 Å². The summed E-state index contributed by atoms with van der Waals surface area (Å²) in [5, 5.41) is 0. The number of fused-ring (bicyclic) bond motifs is 4. The SMILES string of the molecule is C=C1C(=O)O[C@H]2[C@H]1[C@H](OC(=O)C=C(C)C)CC1=C[C@@H](C[C@@]3(C)O[C@@H]23)OC1=O. The van der Waals surface area contributed by atoms with Crippen molar-refractivity contribution in [2.75, 3.05) is 0 Å². The van der Waals surface area contributed by atoms with Crippen molar-refractivity contribution in [1.82, 2.24) is 0 Å². The van der Waals surface area contributed by atoms with Crippen LogP contribution in [0.2, 0.25) is 0 Å². The van der Waals surface area contributed by atoms with E-state index in [1.165, 1.54) is 6.08 Å². The first-order chi connectivity index (χ1) is 12.7. The van der Waals surface area contributed by atoms with Crippen LogP contribution in [0.4, 0.5) is 0 Å². The molecule has 1 aliphatic carbocycles. The molecule has 7 heteroatoms. The van der Waals surface area contributed by atoms with E-state index in [0.717, 1.165) is 5.57 Å². The van der Waals surface area contributed by atoms with Gasteiger partial charge in [0.2, 0.25) is 0 Å². The van der Waals surface area contributed by atoms with Gasteiger partial charge in [-0.1, -0.05) is 12.2 Å². The van der Waals surface area contributed by atoms with Crippen LogP contribution in [0, 0.1) is 5.92 Å². The van der Waals surface area contributed by atoms with E-state index in [9.17, 15) is 14.4 Å². The molecule has 0 aromatic carbocycles. The Morgan fingerprint density at radius 3 is 2.74 bits per heavy atom. The van der Waals surface area contributed by atoms with Gasteiger partial charge >= 0.3 is 17.9 Å². The lowest BCUT2D eigenvalue weighted by Crippen LogP contribution is -2.38. The summed E-state index contributed by atoms with van der Waals surface area (Å²) in [6.45, 7) is 9.31. The Balaban J connectivity index is 1.71. The van der Waals surface area contributed by atoms with E-state index in [2.05, 4.69) is 6.58 Å². The number of hydrogen-bond donors (Lipinski definition) is 0. The van der Waals surface area contributed by atoms with E-state index in [1.807, 2.05) is 6.92 Å². The zero-order chi connectivity index (χ0) is 19.5. The molecule has 0 aromatic heterocycles. The monoisotopic (exact) mass is 374 g/mol. The van der Waals surface area contributed by atoms with Gasteiger partial charge in [-0.25, -0.2) is 14.4 Å². The molecule has 0 aromatic rings. The van der Waals surface area contributed by atoms with Crippen LogP contribution in [0.25, 0.3) is 0 Å². The summed E-state index contributed by atoms with van der Waals surface area (Å²) in [6.07, 6.45) is 1.62. The molecule has 2 bridgehead atoms. The van der Waals surface area contributed by atoms with Crippen molar-refractivity contribution >= 4 is 17.9 Å².